The minimum Gasteiger partial charge on any atom is -0.324 e. The Morgan fingerprint density at radius 1 is 1.09 bits per heavy atom. The second-order valence-electron chi connectivity index (χ2n) is 8.85. The van der Waals surface area contributed by atoms with Crippen molar-refractivity contribution in [1.82, 2.24) is 9.55 Å². The van der Waals surface area contributed by atoms with Gasteiger partial charge in [0.2, 0.25) is 5.91 Å². The van der Waals surface area contributed by atoms with Gasteiger partial charge >= 0.3 is 0 Å². The lowest BCUT2D eigenvalue weighted by atomic mass is 9.99. The lowest BCUT2D eigenvalue weighted by Gasteiger charge is -2.18. The van der Waals surface area contributed by atoms with Gasteiger partial charge in [0.05, 0.1) is 11.7 Å². The largest absolute Gasteiger partial charge is 0.324 e. The van der Waals surface area contributed by atoms with E-state index in [4.69, 9.17) is 0 Å². The summed E-state index contributed by atoms with van der Waals surface area (Å²) in [7, 11) is 0. The molecule has 2 aromatic carbocycles. The summed E-state index contributed by atoms with van der Waals surface area (Å²) in [5.74, 6) is 0.224. The number of anilines is 1. The number of carbonyl (C=O) groups excluding carboxylic acids is 1. The van der Waals surface area contributed by atoms with Crippen molar-refractivity contribution in [3.63, 3.8) is 0 Å². The third-order valence-electron chi connectivity index (χ3n) is 5.92. The van der Waals surface area contributed by atoms with Crippen molar-refractivity contribution in [3.8, 4) is 11.1 Å². The number of aryl methyl sites for hydroxylation is 2. The monoisotopic (exact) mass is 459 g/mol. The molecule has 0 aliphatic carbocycles. The Morgan fingerprint density at radius 3 is 2.36 bits per heavy atom. The van der Waals surface area contributed by atoms with Gasteiger partial charge in [0.25, 0.3) is 5.56 Å². The quantitative estimate of drug-likeness (QED) is 0.360. The molecule has 2 heterocycles. The molecular weight excluding hydrogens is 430 g/mol. The first kappa shape index (κ1) is 22.9. The molecule has 0 radical (unpaired) electrons. The van der Waals surface area contributed by atoms with Crippen molar-refractivity contribution in [2.45, 2.75) is 53.0 Å². The van der Waals surface area contributed by atoms with E-state index >= 15 is 0 Å². The van der Waals surface area contributed by atoms with Gasteiger partial charge in [-0.15, -0.1) is 11.3 Å². The first-order chi connectivity index (χ1) is 15.8. The zero-order chi connectivity index (χ0) is 23.7. The van der Waals surface area contributed by atoms with Crippen LogP contribution >= 0.6 is 11.3 Å². The summed E-state index contributed by atoms with van der Waals surface area (Å²) in [5, 5.41) is 5.53. The average molecular weight is 460 g/mol. The minimum atomic E-state index is -0.647. The lowest BCUT2D eigenvalue weighted by molar-refractivity contribution is -0.119. The molecule has 0 saturated heterocycles. The standard InChI is InChI=1S/C27H29N3O2S/c1-6-23(25(31)29-21-12-17(4)11-18(5)13-21)30-15-28-26-24(27(30)32)22(14-33-26)20-9-7-19(8-10-20)16(2)3/h7-16,23H,6H2,1-5H3,(H,29,31). The summed E-state index contributed by atoms with van der Waals surface area (Å²) in [5.41, 5.74) is 5.79. The third kappa shape index (κ3) is 4.62. The number of hydrogen-bond acceptors (Lipinski definition) is 4. The molecule has 6 heteroatoms. The average Bonchev–Trinajstić information content (AvgIpc) is 3.20. The van der Waals surface area contributed by atoms with E-state index in [2.05, 4.69) is 54.5 Å². The Hall–Kier alpha value is -3.25. The van der Waals surface area contributed by atoms with Gasteiger partial charge in [-0.1, -0.05) is 51.1 Å². The van der Waals surface area contributed by atoms with E-state index in [0.29, 0.717) is 22.6 Å². The predicted molar refractivity (Wildman–Crippen MR) is 137 cm³/mol. The first-order valence-electron chi connectivity index (χ1n) is 11.3. The molecule has 5 nitrogen and oxygen atoms in total. The number of carbonyl (C=O) groups is 1. The van der Waals surface area contributed by atoms with Crippen LogP contribution in [0.15, 0.2) is 59.0 Å². The molecule has 0 fully saturated rings. The van der Waals surface area contributed by atoms with Crippen LogP contribution in [0.1, 0.15) is 55.8 Å². The summed E-state index contributed by atoms with van der Waals surface area (Å²) < 4.78 is 1.47. The summed E-state index contributed by atoms with van der Waals surface area (Å²) in [6.07, 6.45) is 1.98. The molecule has 4 rings (SSSR count). The Kier molecular flexibility index (Phi) is 6.47. The molecule has 1 amide bonds. The van der Waals surface area contributed by atoms with E-state index in [1.54, 1.807) is 0 Å². The fourth-order valence-electron chi connectivity index (χ4n) is 4.21. The maximum absolute atomic E-state index is 13.6. The Bertz CT molecular complexity index is 1350. The summed E-state index contributed by atoms with van der Waals surface area (Å²) in [4.78, 5) is 31.9. The van der Waals surface area contributed by atoms with Crippen LogP contribution in [0, 0.1) is 13.8 Å². The summed E-state index contributed by atoms with van der Waals surface area (Å²) in [6.45, 7) is 10.2. The van der Waals surface area contributed by atoms with Gasteiger partial charge in [0.15, 0.2) is 0 Å². The van der Waals surface area contributed by atoms with Gasteiger partial charge in [-0.05, 0) is 60.6 Å². The number of fused-ring (bicyclic) bond motifs is 1. The fourth-order valence-corrected chi connectivity index (χ4v) is 5.11. The Labute approximate surface area is 198 Å². The van der Waals surface area contributed by atoms with Crippen molar-refractivity contribution in [2.75, 3.05) is 5.32 Å². The van der Waals surface area contributed by atoms with Crippen molar-refractivity contribution in [3.05, 3.63) is 81.2 Å². The normalized spacial score (nSPS) is 12.3. The van der Waals surface area contributed by atoms with Gasteiger partial charge in [0, 0.05) is 16.6 Å². The third-order valence-corrected chi connectivity index (χ3v) is 6.81. The smallest absolute Gasteiger partial charge is 0.263 e. The molecular formula is C27H29N3O2S. The number of aromatic nitrogens is 2. The zero-order valence-electron chi connectivity index (χ0n) is 19.7. The van der Waals surface area contributed by atoms with Gasteiger partial charge in [-0.25, -0.2) is 4.98 Å². The molecule has 2 aromatic heterocycles. The maximum atomic E-state index is 13.6. The zero-order valence-corrected chi connectivity index (χ0v) is 20.5. The molecule has 33 heavy (non-hydrogen) atoms. The second kappa shape index (κ2) is 9.32. The van der Waals surface area contributed by atoms with E-state index in [-0.39, 0.29) is 11.5 Å². The number of amides is 1. The van der Waals surface area contributed by atoms with Crippen LogP contribution in [0.5, 0.6) is 0 Å². The van der Waals surface area contributed by atoms with Gasteiger partial charge in [-0.2, -0.15) is 0 Å². The second-order valence-corrected chi connectivity index (χ2v) is 9.71. The summed E-state index contributed by atoms with van der Waals surface area (Å²) >= 11 is 1.45. The molecule has 1 unspecified atom stereocenters. The molecule has 0 bridgehead atoms. The molecule has 0 spiro atoms. The van der Waals surface area contributed by atoms with Crippen LogP contribution < -0.4 is 10.9 Å². The highest BCUT2D eigenvalue weighted by Crippen LogP contribution is 2.32. The molecule has 0 saturated carbocycles. The Morgan fingerprint density at radius 2 is 1.76 bits per heavy atom. The maximum Gasteiger partial charge on any atom is 0.263 e. The van der Waals surface area contributed by atoms with Crippen molar-refractivity contribution in [2.24, 2.45) is 0 Å². The first-order valence-corrected chi connectivity index (χ1v) is 12.1. The Balaban J connectivity index is 1.72. The fraction of sp³-hybridized carbons (Fsp3) is 0.296. The van der Waals surface area contributed by atoms with Gasteiger partial charge in [0.1, 0.15) is 10.9 Å². The van der Waals surface area contributed by atoms with Crippen LogP contribution in [-0.2, 0) is 4.79 Å². The van der Waals surface area contributed by atoms with Gasteiger partial charge < -0.3 is 5.32 Å². The summed E-state index contributed by atoms with van der Waals surface area (Å²) in [6, 6.07) is 13.6. The molecule has 1 atom stereocenters. The molecule has 0 aliphatic heterocycles. The number of nitrogens with zero attached hydrogens (tertiary/aromatic N) is 2. The van der Waals surface area contributed by atoms with E-state index in [1.165, 1.54) is 27.8 Å². The van der Waals surface area contributed by atoms with Crippen molar-refractivity contribution < 1.29 is 4.79 Å². The van der Waals surface area contributed by atoms with E-state index in [1.807, 2.05) is 38.3 Å². The van der Waals surface area contributed by atoms with E-state index in [9.17, 15) is 9.59 Å². The number of nitrogens with one attached hydrogen (secondary N) is 1. The molecule has 4 aromatic rings. The number of rotatable bonds is 6. The van der Waals surface area contributed by atoms with Crippen LogP contribution in [0.4, 0.5) is 5.69 Å². The SMILES string of the molecule is CCC(C(=O)Nc1cc(C)cc(C)c1)n1cnc2scc(-c3ccc(C(C)C)cc3)c2c1=O. The van der Waals surface area contributed by atoms with Crippen LogP contribution in [0.3, 0.4) is 0 Å². The highest BCUT2D eigenvalue weighted by Gasteiger charge is 2.23. The number of benzene rings is 2. The molecule has 0 aliphatic rings. The van der Waals surface area contributed by atoms with Crippen molar-refractivity contribution >= 4 is 33.1 Å². The topological polar surface area (TPSA) is 64.0 Å². The van der Waals surface area contributed by atoms with E-state index < -0.39 is 6.04 Å². The van der Waals surface area contributed by atoms with E-state index in [0.717, 1.165) is 27.9 Å². The van der Waals surface area contributed by atoms with Crippen LogP contribution in [-0.4, -0.2) is 15.5 Å². The minimum absolute atomic E-state index is 0.188. The molecule has 170 valence electrons. The predicted octanol–water partition coefficient (Wildman–Crippen LogP) is 6.46. The molecule has 1 N–H and O–H groups in total. The van der Waals surface area contributed by atoms with Crippen LogP contribution in [0.2, 0.25) is 0 Å². The lowest BCUT2D eigenvalue weighted by Crippen LogP contribution is -2.33. The highest BCUT2D eigenvalue weighted by atomic mass is 32.1. The number of thiophene rings is 1. The van der Waals surface area contributed by atoms with Crippen molar-refractivity contribution in [1.29, 1.82) is 0 Å². The highest BCUT2D eigenvalue weighted by molar-refractivity contribution is 7.17. The van der Waals surface area contributed by atoms with Crippen LogP contribution in [0.25, 0.3) is 21.3 Å². The number of hydrogen-bond donors (Lipinski definition) is 1. The van der Waals surface area contributed by atoms with Gasteiger partial charge in [-0.3, -0.25) is 14.2 Å².